The molecular formula is C20H31N3O3S. The summed E-state index contributed by atoms with van der Waals surface area (Å²) in [5.41, 5.74) is 0.155. The van der Waals surface area contributed by atoms with Crippen molar-refractivity contribution in [1.82, 2.24) is 14.2 Å². The van der Waals surface area contributed by atoms with Crippen LogP contribution in [0.3, 0.4) is 0 Å². The second kappa shape index (κ2) is 7.78. The zero-order valence-electron chi connectivity index (χ0n) is 16.2. The van der Waals surface area contributed by atoms with Crippen LogP contribution in [0.15, 0.2) is 29.4 Å². The number of sulfonamides is 1. The first kappa shape index (κ1) is 19.3. The monoisotopic (exact) mass is 393 g/mol. The zero-order valence-corrected chi connectivity index (χ0v) is 17.0. The van der Waals surface area contributed by atoms with Crippen LogP contribution < -0.4 is 0 Å². The number of rotatable bonds is 4. The van der Waals surface area contributed by atoms with Gasteiger partial charge in [0.15, 0.2) is 5.03 Å². The molecule has 0 aliphatic carbocycles. The second-order valence-electron chi connectivity index (χ2n) is 8.72. The Morgan fingerprint density at radius 1 is 1.26 bits per heavy atom. The largest absolute Gasteiger partial charge is 0.376 e. The lowest BCUT2D eigenvalue weighted by Crippen LogP contribution is -2.44. The van der Waals surface area contributed by atoms with E-state index in [4.69, 9.17) is 4.74 Å². The van der Waals surface area contributed by atoms with Gasteiger partial charge in [0.1, 0.15) is 0 Å². The van der Waals surface area contributed by atoms with Crippen molar-refractivity contribution < 1.29 is 13.2 Å². The van der Waals surface area contributed by atoms with Crippen molar-refractivity contribution in [3.8, 4) is 0 Å². The van der Waals surface area contributed by atoms with Gasteiger partial charge in [0.2, 0.25) is 0 Å². The molecule has 0 N–H and O–H groups in total. The van der Waals surface area contributed by atoms with E-state index in [-0.39, 0.29) is 10.4 Å². The summed E-state index contributed by atoms with van der Waals surface area (Å²) in [6.45, 7) is 7.64. The molecule has 0 radical (unpaired) electrons. The minimum absolute atomic E-state index is 0.153. The van der Waals surface area contributed by atoms with Crippen molar-refractivity contribution in [2.24, 2.45) is 11.3 Å². The normalized spacial score (nSPS) is 30.0. The fourth-order valence-corrected chi connectivity index (χ4v) is 6.31. The molecule has 0 aromatic carbocycles. The SMILES string of the molecule is C[C@H]1CCCN(C[C@@H]2CC3(CCN(S(=O)(=O)c4ccccn4)CC3)CO2)C1. The van der Waals surface area contributed by atoms with Crippen molar-refractivity contribution in [3.63, 3.8) is 0 Å². The number of pyridine rings is 1. The fraction of sp³-hybridized carbons (Fsp3) is 0.750. The lowest BCUT2D eigenvalue weighted by atomic mass is 9.77. The Morgan fingerprint density at radius 3 is 2.78 bits per heavy atom. The summed E-state index contributed by atoms with van der Waals surface area (Å²) in [7, 11) is -3.48. The summed E-state index contributed by atoms with van der Waals surface area (Å²) in [5, 5.41) is 0.153. The molecule has 1 spiro atoms. The molecule has 3 aliphatic heterocycles. The van der Waals surface area contributed by atoms with Gasteiger partial charge < -0.3 is 9.64 Å². The topological polar surface area (TPSA) is 62.7 Å². The van der Waals surface area contributed by atoms with Crippen LogP contribution in [0.5, 0.6) is 0 Å². The summed E-state index contributed by atoms with van der Waals surface area (Å²) in [6, 6.07) is 5.04. The summed E-state index contributed by atoms with van der Waals surface area (Å²) >= 11 is 0. The van der Waals surface area contributed by atoms with E-state index in [1.54, 1.807) is 22.5 Å². The number of hydrogen-bond donors (Lipinski definition) is 0. The number of aromatic nitrogens is 1. The van der Waals surface area contributed by atoms with Crippen LogP contribution in [0.4, 0.5) is 0 Å². The first-order valence-electron chi connectivity index (χ1n) is 10.2. The molecule has 1 aromatic heterocycles. The van der Waals surface area contributed by atoms with Crippen LogP contribution in [0.2, 0.25) is 0 Å². The van der Waals surface area contributed by atoms with Gasteiger partial charge in [-0.1, -0.05) is 13.0 Å². The maximum atomic E-state index is 12.8. The molecule has 3 fully saturated rings. The van der Waals surface area contributed by atoms with Crippen molar-refractivity contribution in [1.29, 1.82) is 0 Å². The summed E-state index contributed by atoms with van der Waals surface area (Å²) in [6.07, 6.45) is 7.29. The van der Waals surface area contributed by atoms with Gasteiger partial charge in [0.05, 0.1) is 12.7 Å². The first-order chi connectivity index (χ1) is 13.0. The Hall–Kier alpha value is -1.02. The standard InChI is InChI=1S/C20H31N3O3S/c1-17-5-4-10-22(14-17)15-18-13-20(16-26-18)7-11-23(12-8-20)27(24,25)19-6-2-3-9-21-19/h2-3,6,9,17-18H,4-5,7-8,10-16H2,1H3/t17-,18-/m0/s1. The molecular weight excluding hydrogens is 362 g/mol. The van der Waals surface area contributed by atoms with Crippen LogP contribution in [0.25, 0.3) is 0 Å². The van der Waals surface area contributed by atoms with E-state index < -0.39 is 10.0 Å². The molecule has 0 unspecified atom stereocenters. The van der Waals surface area contributed by atoms with Crippen LogP contribution >= 0.6 is 0 Å². The van der Waals surface area contributed by atoms with E-state index >= 15 is 0 Å². The summed E-state index contributed by atoms with van der Waals surface area (Å²) in [5.74, 6) is 0.786. The zero-order chi connectivity index (χ0) is 18.9. The van der Waals surface area contributed by atoms with E-state index in [2.05, 4.69) is 16.8 Å². The smallest absolute Gasteiger partial charge is 0.260 e. The maximum absolute atomic E-state index is 12.8. The van der Waals surface area contributed by atoms with Crippen molar-refractivity contribution in [2.45, 2.75) is 50.2 Å². The van der Waals surface area contributed by atoms with Gasteiger partial charge >= 0.3 is 0 Å². The molecule has 0 saturated carbocycles. The molecule has 27 heavy (non-hydrogen) atoms. The van der Waals surface area contributed by atoms with Crippen LogP contribution in [-0.2, 0) is 14.8 Å². The van der Waals surface area contributed by atoms with Crippen molar-refractivity contribution >= 4 is 10.0 Å². The van der Waals surface area contributed by atoms with Gasteiger partial charge in [-0.25, -0.2) is 13.4 Å². The molecule has 0 amide bonds. The van der Waals surface area contributed by atoms with Crippen LogP contribution in [0, 0.1) is 11.3 Å². The highest BCUT2D eigenvalue weighted by molar-refractivity contribution is 7.89. The third-order valence-corrected chi connectivity index (χ3v) is 8.33. The number of hydrogen-bond acceptors (Lipinski definition) is 5. The highest BCUT2D eigenvalue weighted by Crippen LogP contribution is 2.43. The molecule has 1 aromatic rings. The van der Waals surface area contributed by atoms with Crippen molar-refractivity contribution in [2.75, 3.05) is 39.3 Å². The predicted molar refractivity (Wildman–Crippen MR) is 104 cm³/mol. The Kier molecular flexibility index (Phi) is 5.56. The Bertz CT molecular complexity index is 732. The van der Waals surface area contributed by atoms with E-state index in [9.17, 15) is 8.42 Å². The number of ether oxygens (including phenoxy) is 1. The van der Waals surface area contributed by atoms with Crippen LogP contribution in [-0.4, -0.2) is 68.0 Å². The minimum atomic E-state index is -3.48. The quantitative estimate of drug-likeness (QED) is 0.786. The molecule has 4 heterocycles. The van der Waals surface area contributed by atoms with Gasteiger partial charge in [0.25, 0.3) is 10.0 Å². The second-order valence-corrected chi connectivity index (χ2v) is 10.6. The minimum Gasteiger partial charge on any atom is -0.376 e. The molecule has 3 aliphatic rings. The Labute approximate surface area is 163 Å². The lowest BCUT2D eigenvalue weighted by molar-refractivity contribution is 0.0482. The number of piperidine rings is 2. The molecule has 0 bridgehead atoms. The molecule has 3 saturated heterocycles. The lowest BCUT2D eigenvalue weighted by Gasteiger charge is -2.37. The highest BCUT2D eigenvalue weighted by Gasteiger charge is 2.45. The average molecular weight is 394 g/mol. The molecule has 4 rings (SSSR count). The first-order valence-corrected chi connectivity index (χ1v) is 11.7. The molecule has 7 heteroatoms. The number of nitrogens with zero attached hydrogens (tertiary/aromatic N) is 3. The maximum Gasteiger partial charge on any atom is 0.260 e. The van der Waals surface area contributed by atoms with Crippen molar-refractivity contribution in [3.05, 3.63) is 24.4 Å². The van der Waals surface area contributed by atoms with Gasteiger partial charge in [-0.2, -0.15) is 4.31 Å². The summed E-state index contributed by atoms with van der Waals surface area (Å²) < 4.78 is 33.3. The predicted octanol–water partition coefficient (Wildman–Crippen LogP) is 2.37. The van der Waals surface area contributed by atoms with Gasteiger partial charge in [-0.05, 0) is 62.1 Å². The Morgan fingerprint density at radius 2 is 2.07 bits per heavy atom. The van der Waals surface area contributed by atoms with E-state index in [1.165, 1.54) is 32.1 Å². The highest BCUT2D eigenvalue weighted by atomic mass is 32.2. The third kappa shape index (κ3) is 4.21. The van der Waals surface area contributed by atoms with E-state index in [0.717, 1.165) is 38.3 Å². The van der Waals surface area contributed by atoms with E-state index in [1.807, 2.05) is 0 Å². The van der Waals surface area contributed by atoms with Gasteiger partial charge in [0, 0.05) is 32.4 Å². The number of likely N-dealkylation sites (tertiary alicyclic amines) is 1. The molecule has 150 valence electrons. The molecule has 2 atom stereocenters. The molecule has 6 nitrogen and oxygen atoms in total. The third-order valence-electron chi connectivity index (χ3n) is 6.51. The van der Waals surface area contributed by atoms with Gasteiger partial charge in [-0.3, -0.25) is 0 Å². The average Bonchev–Trinajstić information content (AvgIpc) is 3.05. The van der Waals surface area contributed by atoms with Gasteiger partial charge in [-0.15, -0.1) is 0 Å². The summed E-state index contributed by atoms with van der Waals surface area (Å²) in [4.78, 5) is 6.59. The fourth-order valence-electron chi connectivity index (χ4n) is 4.93. The van der Waals surface area contributed by atoms with E-state index in [0.29, 0.717) is 19.2 Å². The Balaban J connectivity index is 1.33. The van der Waals surface area contributed by atoms with Crippen LogP contribution in [0.1, 0.15) is 39.0 Å².